The number of carbonyl (C=O) groups is 1. The van der Waals surface area contributed by atoms with Crippen molar-refractivity contribution in [1.29, 1.82) is 0 Å². The first-order valence-corrected chi connectivity index (χ1v) is 10.2. The molecule has 2 N–H and O–H groups in total. The molecule has 2 fully saturated rings. The normalized spacial score (nSPS) is 20.4. The molecule has 26 heavy (non-hydrogen) atoms. The zero-order valence-electron chi connectivity index (χ0n) is 16.4. The molecule has 0 bridgehead atoms. The number of rotatable bonds is 7. The minimum absolute atomic E-state index is 0.0283. The van der Waals surface area contributed by atoms with Gasteiger partial charge in [-0.15, -0.1) is 0 Å². The van der Waals surface area contributed by atoms with Crippen LogP contribution < -0.4 is 5.32 Å². The van der Waals surface area contributed by atoms with Gasteiger partial charge in [0.1, 0.15) is 0 Å². The van der Waals surface area contributed by atoms with E-state index in [0.29, 0.717) is 6.42 Å². The van der Waals surface area contributed by atoms with Crippen molar-refractivity contribution in [2.24, 2.45) is 0 Å². The van der Waals surface area contributed by atoms with Crippen molar-refractivity contribution in [2.45, 2.75) is 76.4 Å². The summed E-state index contributed by atoms with van der Waals surface area (Å²) in [4.78, 5) is 15.4. The Morgan fingerprint density at radius 3 is 2.54 bits per heavy atom. The van der Waals surface area contributed by atoms with Crippen LogP contribution in [-0.4, -0.2) is 46.7 Å². The first kappa shape index (κ1) is 19.4. The van der Waals surface area contributed by atoms with Gasteiger partial charge in [0.2, 0.25) is 0 Å². The van der Waals surface area contributed by atoms with Crippen molar-refractivity contribution < 1.29 is 9.90 Å². The van der Waals surface area contributed by atoms with Crippen molar-refractivity contribution in [3.05, 3.63) is 35.4 Å². The van der Waals surface area contributed by atoms with E-state index < -0.39 is 5.60 Å². The molecule has 1 aromatic rings. The average Bonchev–Trinajstić information content (AvgIpc) is 3.30. The Morgan fingerprint density at radius 1 is 1.19 bits per heavy atom. The summed E-state index contributed by atoms with van der Waals surface area (Å²) in [7, 11) is 0. The molecule has 1 amide bonds. The molecule has 0 radical (unpaired) electrons. The van der Waals surface area contributed by atoms with E-state index in [1.165, 1.54) is 51.6 Å². The molecule has 0 atom stereocenters. The highest BCUT2D eigenvalue weighted by Gasteiger charge is 2.40. The van der Waals surface area contributed by atoms with Crippen LogP contribution in [0.15, 0.2) is 24.3 Å². The van der Waals surface area contributed by atoms with Gasteiger partial charge in [-0.3, -0.25) is 9.69 Å². The second-order valence-electron chi connectivity index (χ2n) is 8.82. The van der Waals surface area contributed by atoms with Gasteiger partial charge in [-0.05, 0) is 83.2 Å². The summed E-state index contributed by atoms with van der Waals surface area (Å²) in [6, 6.07) is 7.84. The van der Waals surface area contributed by atoms with Crippen LogP contribution in [-0.2, 0) is 6.42 Å². The lowest BCUT2D eigenvalue weighted by Gasteiger charge is -2.39. The maximum Gasteiger partial charge on any atom is 0.251 e. The van der Waals surface area contributed by atoms with Gasteiger partial charge in [0.25, 0.3) is 5.91 Å². The third kappa shape index (κ3) is 4.86. The lowest BCUT2D eigenvalue weighted by molar-refractivity contribution is 0.0714. The fraction of sp³-hybridized carbons (Fsp3) is 0.682. The highest BCUT2D eigenvalue weighted by Crippen LogP contribution is 2.37. The van der Waals surface area contributed by atoms with Gasteiger partial charge in [0, 0.05) is 17.6 Å². The van der Waals surface area contributed by atoms with Crippen LogP contribution in [0.5, 0.6) is 0 Å². The topological polar surface area (TPSA) is 52.6 Å². The molecule has 1 aliphatic heterocycles. The molecule has 1 saturated heterocycles. The minimum atomic E-state index is -0.678. The predicted molar refractivity (Wildman–Crippen MR) is 105 cm³/mol. The third-order valence-corrected chi connectivity index (χ3v) is 6.10. The zero-order valence-corrected chi connectivity index (χ0v) is 16.4. The second kappa shape index (κ2) is 8.10. The van der Waals surface area contributed by atoms with Crippen LogP contribution in [0.1, 0.15) is 74.7 Å². The van der Waals surface area contributed by atoms with Crippen molar-refractivity contribution in [2.75, 3.05) is 19.6 Å². The summed E-state index contributed by atoms with van der Waals surface area (Å²) in [5.74, 6) is 0.0283. The summed E-state index contributed by atoms with van der Waals surface area (Å²) >= 11 is 0. The fourth-order valence-electron chi connectivity index (χ4n) is 4.49. The number of hydrogen-bond donors (Lipinski definition) is 2. The number of likely N-dealkylation sites (tertiary alicyclic amines) is 1. The zero-order chi connectivity index (χ0) is 18.6. The van der Waals surface area contributed by atoms with Crippen LogP contribution >= 0.6 is 0 Å². The van der Waals surface area contributed by atoms with Gasteiger partial charge in [-0.25, -0.2) is 0 Å². The molecule has 1 aliphatic carbocycles. The molecular formula is C22H34N2O2. The van der Waals surface area contributed by atoms with Gasteiger partial charge in [-0.2, -0.15) is 0 Å². The number of benzene rings is 1. The van der Waals surface area contributed by atoms with E-state index in [4.69, 9.17) is 0 Å². The van der Waals surface area contributed by atoms with Crippen molar-refractivity contribution in [3.8, 4) is 0 Å². The lowest BCUT2D eigenvalue weighted by atomic mass is 9.94. The first-order valence-electron chi connectivity index (χ1n) is 10.2. The first-order chi connectivity index (χ1) is 12.4. The Hall–Kier alpha value is -1.39. The quantitative estimate of drug-likeness (QED) is 0.784. The third-order valence-electron chi connectivity index (χ3n) is 6.10. The van der Waals surface area contributed by atoms with E-state index >= 15 is 0 Å². The summed E-state index contributed by atoms with van der Waals surface area (Å²) in [5, 5.41) is 13.1. The fourth-order valence-corrected chi connectivity index (χ4v) is 4.49. The number of nitrogens with zero attached hydrogens (tertiary/aromatic N) is 1. The minimum Gasteiger partial charge on any atom is -0.390 e. The van der Waals surface area contributed by atoms with E-state index in [1.807, 2.05) is 38.1 Å². The van der Waals surface area contributed by atoms with E-state index in [-0.39, 0.29) is 11.4 Å². The van der Waals surface area contributed by atoms with Gasteiger partial charge in [0.05, 0.1) is 5.60 Å². The number of carbonyl (C=O) groups excluding carboxylic acids is 1. The number of aliphatic hydroxyl groups is 1. The van der Waals surface area contributed by atoms with E-state index in [2.05, 4.69) is 10.2 Å². The molecular weight excluding hydrogens is 324 g/mol. The summed E-state index contributed by atoms with van der Waals surface area (Å²) < 4.78 is 0. The molecule has 1 heterocycles. The molecule has 1 aromatic carbocycles. The van der Waals surface area contributed by atoms with Gasteiger partial charge < -0.3 is 10.4 Å². The van der Waals surface area contributed by atoms with Crippen LogP contribution in [0.3, 0.4) is 0 Å². The maximum atomic E-state index is 12.7. The smallest absolute Gasteiger partial charge is 0.251 e. The molecule has 2 aliphatic rings. The molecule has 0 spiro atoms. The molecule has 0 aromatic heterocycles. The van der Waals surface area contributed by atoms with E-state index in [1.54, 1.807) is 0 Å². The number of aryl methyl sites for hydroxylation is 1. The largest absolute Gasteiger partial charge is 0.390 e. The Balaban J connectivity index is 1.60. The predicted octanol–water partition coefficient (Wildman–Crippen LogP) is 3.53. The SMILES string of the molecule is CC(C)(O)CCc1cccc(C(=O)NCC2(N3CCCC3)CCCC2)c1. The van der Waals surface area contributed by atoms with E-state index in [9.17, 15) is 9.90 Å². The molecule has 144 valence electrons. The Labute approximate surface area is 158 Å². The van der Waals surface area contributed by atoms with Gasteiger partial charge in [-0.1, -0.05) is 25.0 Å². The van der Waals surface area contributed by atoms with Crippen LogP contribution in [0.4, 0.5) is 0 Å². The van der Waals surface area contributed by atoms with Crippen LogP contribution in [0.25, 0.3) is 0 Å². The maximum absolute atomic E-state index is 12.7. The average molecular weight is 359 g/mol. The Bertz CT molecular complexity index is 609. The Kier molecular flexibility index (Phi) is 6.03. The number of nitrogens with one attached hydrogen (secondary N) is 1. The van der Waals surface area contributed by atoms with Crippen molar-refractivity contribution >= 4 is 5.91 Å². The van der Waals surface area contributed by atoms with Gasteiger partial charge in [0.15, 0.2) is 0 Å². The van der Waals surface area contributed by atoms with E-state index in [0.717, 1.165) is 24.1 Å². The summed E-state index contributed by atoms with van der Waals surface area (Å²) in [5.41, 5.74) is 1.34. The van der Waals surface area contributed by atoms with Crippen LogP contribution in [0.2, 0.25) is 0 Å². The molecule has 4 nitrogen and oxygen atoms in total. The highest BCUT2D eigenvalue weighted by atomic mass is 16.3. The van der Waals surface area contributed by atoms with Crippen molar-refractivity contribution in [3.63, 3.8) is 0 Å². The summed E-state index contributed by atoms with van der Waals surface area (Å²) in [6.45, 7) is 6.77. The van der Waals surface area contributed by atoms with Crippen molar-refractivity contribution in [1.82, 2.24) is 10.2 Å². The van der Waals surface area contributed by atoms with Gasteiger partial charge >= 0.3 is 0 Å². The second-order valence-corrected chi connectivity index (χ2v) is 8.82. The standard InChI is InChI=1S/C22H34N2O2/c1-21(2,26)13-10-18-8-7-9-19(16-18)20(25)23-17-22(11-3-4-12-22)24-14-5-6-15-24/h7-9,16,26H,3-6,10-15,17H2,1-2H3,(H,23,25). The molecule has 0 unspecified atom stereocenters. The Morgan fingerprint density at radius 2 is 1.88 bits per heavy atom. The molecule has 4 heteroatoms. The highest BCUT2D eigenvalue weighted by molar-refractivity contribution is 5.94. The number of hydrogen-bond acceptors (Lipinski definition) is 3. The molecule has 3 rings (SSSR count). The summed E-state index contributed by atoms with van der Waals surface area (Å²) in [6.07, 6.45) is 9.02. The lowest BCUT2D eigenvalue weighted by Crippen LogP contribution is -2.53. The number of amides is 1. The molecule has 1 saturated carbocycles. The van der Waals surface area contributed by atoms with Crippen LogP contribution in [0, 0.1) is 0 Å². The monoisotopic (exact) mass is 358 g/mol.